The van der Waals surface area contributed by atoms with Gasteiger partial charge in [0, 0.05) is 35.5 Å². The van der Waals surface area contributed by atoms with Crippen molar-refractivity contribution < 1.29 is 13.9 Å². The highest BCUT2D eigenvalue weighted by molar-refractivity contribution is 5.86. The molecule has 6 nitrogen and oxygen atoms in total. The van der Waals surface area contributed by atoms with Crippen molar-refractivity contribution in [3.8, 4) is 5.75 Å². The lowest BCUT2D eigenvalue weighted by Gasteiger charge is -2.17. The minimum Gasteiger partial charge on any atom is -0.480 e. The third kappa shape index (κ3) is 3.84. The predicted molar refractivity (Wildman–Crippen MR) is 103 cm³/mol. The summed E-state index contributed by atoms with van der Waals surface area (Å²) in [6.45, 7) is 7.54. The number of amides is 1. The van der Waals surface area contributed by atoms with Crippen molar-refractivity contribution in [3.05, 3.63) is 69.3 Å². The van der Waals surface area contributed by atoms with E-state index >= 15 is 0 Å². The van der Waals surface area contributed by atoms with Gasteiger partial charge in [0.2, 0.25) is 0 Å². The molecule has 1 amide bonds. The van der Waals surface area contributed by atoms with Crippen LogP contribution in [0, 0.1) is 20.8 Å². The maximum atomic E-state index is 12.3. The van der Waals surface area contributed by atoms with Crippen molar-refractivity contribution in [2.24, 2.45) is 0 Å². The number of nitrogens with zero attached hydrogens (tertiary/aromatic N) is 1. The van der Waals surface area contributed by atoms with Crippen LogP contribution in [-0.4, -0.2) is 17.0 Å². The molecule has 1 atom stereocenters. The van der Waals surface area contributed by atoms with Gasteiger partial charge in [0.15, 0.2) is 6.10 Å². The zero-order valence-corrected chi connectivity index (χ0v) is 15.8. The van der Waals surface area contributed by atoms with Gasteiger partial charge in [-0.3, -0.25) is 9.78 Å². The van der Waals surface area contributed by atoms with Crippen LogP contribution in [0.1, 0.15) is 29.2 Å². The monoisotopic (exact) mass is 366 g/mol. The van der Waals surface area contributed by atoms with E-state index in [0.29, 0.717) is 29.0 Å². The topological polar surface area (TPSA) is 81.4 Å². The summed E-state index contributed by atoms with van der Waals surface area (Å²) in [7, 11) is 0. The minimum atomic E-state index is -0.693. The largest absolute Gasteiger partial charge is 0.480 e. The summed E-state index contributed by atoms with van der Waals surface area (Å²) in [6.07, 6.45) is 2.66. The SMILES string of the molecule is Cc1c(C)c2ccc(O[C@@H](C)C(=O)NCc3ccncc3)c(C)c2oc1=O. The number of rotatable bonds is 5. The van der Waals surface area contributed by atoms with Crippen molar-refractivity contribution in [2.45, 2.75) is 40.3 Å². The molecule has 0 saturated heterocycles. The second-order valence-electron chi connectivity index (χ2n) is 6.54. The first-order valence-electron chi connectivity index (χ1n) is 8.75. The van der Waals surface area contributed by atoms with Gasteiger partial charge < -0.3 is 14.5 Å². The normalized spacial score (nSPS) is 12.0. The molecular weight excluding hydrogens is 344 g/mol. The Hall–Kier alpha value is -3.15. The number of hydrogen-bond donors (Lipinski definition) is 1. The predicted octanol–water partition coefficient (Wildman–Crippen LogP) is 3.20. The van der Waals surface area contributed by atoms with E-state index in [9.17, 15) is 9.59 Å². The number of carbonyl (C=O) groups excluding carboxylic acids is 1. The Kier molecular flexibility index (Phi) is 5.26. The van der Waals surface area contributed by atoms with Crippen LogP contribution in [0.25, 0.3) is 11.0 Å². The maximum Gasteiger partial charge on any atom is 0.339 e. The summed E-state index contributed by atoms with van der Waals surface area (Å²) in [6, 6.07) is 7.33. The Morgan fingerprint density at radius 1 is 1.11 bits per heavy atom. The van der Waals surface area contributed by atoms with Crippen LogP contribution in [0.4, 0.5) is 0 Å². The number of aryl methyl sites for hydroxylation is 2. The van der Waals surface area contributed by atoms with Crippen LogP contribution >= 0.6 is 0 Å². The number of nitrogens with one attached hydrogen (secondary N) is 1. The third-order valence-electron chi connectivity index (χ3n) is 4.71. The summed E-state index contributed by atoms with van der Waals surface area (Å²) in [5.41, 5.74) is 3.27. The van der Waals surface area contributed by atoms with Gasteiger partial charge in [-0.15, -0.1) is 0 Å². The molecular formula is C21H22N2O4. The fraction of sp³-hybridized carbons (Fsp3) is 0.286. The fourth-order valence-electron chi connectivity index (χ4n) is 2.83. The first kappa shape index (κ1) is 18.6. The molecule has 2 aromatic heterocycles. The highest BCUT2D eigenvalue weighted by Gasteiger charge is 2.18. The molecule has 0 fully saturated rings. The zero-order chi connectivity index (χ0) is 19.6. The second kappa shape index (κ2) is 7.61. The molecule has 3 rings (SSSR count). The number of aromatic nitrogens is 1. The van der Waals surface area contributed by atoms with E-state index in [1.807, 2.05) is 32.0 Å². The Labute approximate surface area is 157 Å². The molecule has 0 saturated carbocycles. The van der Waals surface area contributed by atoms with Crippen LogP contribution in [-0.2, 0) is 11.3 Å². The molecule has 0 aliphatic heterocycles. The molecule has 0 aliphatic rings. The molecule has 0 radical (unpaired) electrons. The van der Waals surface area contributed by atoms with E-state index in [4.69, 9.17) is 9.15 Å². The van der Waals surface area contributed by atoms with Gasteiger partial charge in [0.1, 0.15) is 11.3 Å². The van der Waals surface area contributed by atoms with E-state index in [-0.39, 0.29) is 11.5 Å². The summed E-state index contributed by atoms with van der Waals surface area (Å²) < 4.78 is 11.3. The molecule has 1 aromatic carbocycles. The molecule has 27 heavy (non-hydrogen) atoms. The lowest BCUT2D eigenvalue weighted by atomic mass is 10.0. The van der Waals surface area contributed by atoms with Crippen molar-refractivity contribution >= 4 is 16.9 Å². The first-order chi connectivity index (χ1) is 12.9. The van der Waals surface area contributed by atoms with E-state index in [1.54, 1.807) is 32.3 Å². The average Bonchev–Trinajstić information content (AvgIpc) is 2.67. The quantitative estimate of drug-likeness (QED) is 0.701. The van der Waals surface area contributed by atoms with Gasteiger partial charge >= 0.3 is 5.63 Å². The van der Waals surface area contributed by atoms with E-state index in [1.165, 1.54) is 0 Å². The molecule has 3 aromatic rings. The summed E-state index contributed by atoms with van der Waals surface area (Å²) in [5.74, 6) is 0.285. The minimum absolute atomic E-state index is 0.229. The van der Waals surface area contributed by atoms with Gasteiger partial charge in [0.25, 0.3) is 5.91 Å². The van der Waals surface area contributed by atoms with Crippen molar-refractivity contribution in [1.29, 1.82) is 0 Å². The molecule has 0 bridgehead atoms. The Morgan fingerprint density at radius 3 is 2.52 bits per heavy atom. The number of fused-ring (bicyclic) bond motifs is 1. The smallest absolute Gasteiger partial charge is 0.339 e. The van der Waals surface area contributed by atoms with Crippen molar-refractivity contribution in [2.75, 3.05) is 0 Å². The lowest BCUT2D eigenvalue weighted by molar-refractivity contribution is -0.127. The number of hydrogen-bond acceptors (Lipinski definition) is 5. The lowest BCUT2D eigenvalue weighted by Crippen LogP contribution is -2.36. The maximum absolute atomic E-state index is 12.3. The molecule has 140 valence electrons. The highest BCUT2D eigenvalue weighted by Crippen LogP contribution is 2.29. The number of pyridine rings is 1. The van der Waals surface area contributed by atoms with Crippen LogP contribution in [0.3, 0.4) is 0 Å². The average molecular weight is 366 g/mol. The molecule has 0 unspecified atom stereocenters. The van der Waals surface area contributed by atoms with Gasteiger partial charge in [-0.1, -0.05) is 0 Å². The van der Waals surface area contributed by atoms with E-state index in [0.717, 1.165) is 16.5 Å². The molecule has 0 aliphatic carbocycles. The summed E-state index contributed by atoms with van der Waals surface area (Å²) in [4.78, 5) is 28.3. The Bertz CT molecular complexity index is 1040. The van der Waals surface area contributed by atoms with Crippen LogP contribution in [0.2, 0.25) is 0 Å². The molecule has 2 heterocycles. The van der Waals surface area contributed by atoms with E-state index in [2.05, 4.69) is 10.3 Å². The number of benzene rings is 1. The molecule has 0 spiro atoms. The van der Waals surface area contributed by atoms with Gasteiger partial charge in [-0.05, 0) is 63.1 Å². The standard InChI is InChI=1S/C21H22N2O4/c1-12-13(2)21(25)27-19-14(3)18(6-5-17(12)19)26-15(4)20(24)23-11-16-7-9-22-10-8-16/h5-10,15H,11H2,1-4H3,(H,23,24)/t15-/m0/s1. The van der Waals surface area contributed by atoms with Crippen LogP contribution < -0.4 is 15.7 Å². The Morgan fingerprint density at radius 2 is 1.81 bits per heavy atom. The van der Waals surface area contributed by atoms with Gasteiger partial charge in [-0.2, -0.15) is 0 Å². The fourth-order valence-corrected chi connectivity index (χ4v) is 2.83. The third-order valence-corrected chi connectivity index (χ3v) is 4.71. The van der Waals surface area contributed by atoms with Crippen molar-refractivity contribution in [3.63, 3.8) is 0 Å². The summed E-state index contributed by atoms with van der Waals surface area (Å²) >= 11 is 0. The Balaban J connectivity index is 1.77. The number of carbonyl (C=O) groups is 1. The second-order valence-corrected chi connectivity index (χ2v) is 6.54. The highest BCUT2D eigenvalue weighted by atomic mass is 16.5. The van der Waals surface area contributed by atoms with Crippen molar-refractivity contribution in [1.82, 2.24) is 10.3 Å². The zero-order valence-electron chi connectivity index (χ0n) is 15.8. The molecule has 6 heteroatoms. The summed E-state index contributed by atoms with van der Waals surface area (Å²) in [5, 5.41) is 3.70. The first-order valence-corrected chi connectivity index (χ1v) is 8.75. The van der Waals surface area contributed by atoms with E-state index < -0.39 is 6.10 Å². The van der Waals surface area contributed by atoms with Gasteiger partial charge in [0.05, 0.1) is 0 Å². The van der Waals surface area contributed by atoms with Crippen LogP contribution in [0.15, 0.2) is 45.9 Å². The van der Waals surface area contributed by atoms with Crippen LogP contribution in [0.5, 0.6) is 5.75 Å². The van der Waals surface area contributed by atoms with Gasteiger partial charge in [-0.25, -0.2) is 4.79 Å². The number of ether oxygens (including phenoxy) is 1. The molecule has 1 N–H and O–H groups in total.